The fourth-order valence-electron chi connectivity index (χ4n) is 3.46. The molecule has 142 valence electrons. The zero-order valence-electron chi connectivity index (χ0n) is 15.4. The number of piperidine rings is 1. The van der Waals surface area contributed by atoms with Crippen LogP contribution in [0.1, 0.15) is 25.7 Å². The summed E-state index contributed by atoms with van der Waals surface area (Å²) in [5.41, 5.74) is 3.03. The van der Waals surface area contributed by atoms with Gasteiger partial charge in [-0.2, -0.15) is 0 Å². The molecule has 2 aromatic rings. The summed E-state index contributed by atoms with van der Waals surface area (Å²) >= 11 is 0. The van der Waals surface area contributed by atoms with E-state index in [1.807, 2.05) is 6.07 Å². The number of hydrogen-bond acceptors (Lipinski definition) is 5. The number of rotatable bonds is 6. The smallest absolute Gasteiger partial charge is 0.231 e. The summed E-state index contributed by atoms with van der Waals surface area (Å²) in [6, 6.07) is 13.9. The molecule has 1 fully saturated rings. The number of hydrogen-bond donors (Lipinski definition) is 2. The van der Waals surface area contributed by atoms with Gasteiger partial charge in [-0.05, 0) is 55.7 Å². The molecule has 2 aromatic carbocycles. The lowest BCUT2D eigenvalue weighted by Gasteiger charge is -2.28. The first-order valence-electron chi connectivity index (χ1n) is 9.56. The van der Waals surface area contributed by atoms with Gasteiger partial charge in [-0.25, -0.2) is 0 Å². The van der Waals surface area contributed by atoms with Gasteiger partial charge in [0.15, 0.2) is 11.5 Å². The molecular weight excluding hydrogens is 342 g/mol. The number of ether oxygens (including phenoxy) is 2. The fraction of sp³-hybridized carbons (Fsp3) is 0.381. The Morgan fingerprint density at radius 3 is 2.48 bits per heavy atom. The monoisotopic (exact) mass is 367 g/mol. The molecule has 0 atom stereocenters. The van der Waals surface area contributed by atoms with Gasteiger partial charge in [0.25, 0.3) is 0 Å². The number of amides is 1. The summed E-state index contributed by atoms with van der Waals surface area (Å²) in [6.45, 7) is 3.10. The summed E-state index contributed by atoms with van der Waals surface area (Å²) < 4.78 is 10.6. The molecule has 0 radical (unpaired) electrons. The van der Waals surface area contributed by atoms with Crippen LogP contribution in [0.2, 0.25) is 0 Å². The second-order valence-corrected chi connectivity index (χ2v) is 6.89. The van der Waals surface area contributed by atoms with E-state index in [4.69, 9.17) is 9.47 Å². The fourth-order valence-corrected chi connectivity index (χ4v) is 3.46. The summed E-state index contributed by atoms with van der Waals surface area (Å²) in [6.07, 6.45) is 4.28. The molecular formula is C21H25N3O3. The molecule has 0 saturated carbocycles. The minimum absolute atomic E-state index is 0.0358. The Kier molecular flexibility index (Phi) is 5.32. The lowest BCUT2D eigenvalue weighted by atomic mass is 10.1. The maximum Gasteiger partial charge on any atom is 0.231 e. The SMILES string of the molecule is O=C(CCNc1ccc(N2CCCCC2)cc1)Nc1ccc2c(c1)OCO2. The van der Waals surface area contributed by atoms with Gasteiger partial charge in [0.1, 0.15) is 0 Å². The second-order valence-electron chi connectivity index (χ2n) is 6.89. The van der Waals surface area contributed by atoms with E-state index < -0.39 is 0 Å². The minimum Gasteiger partial charge on any atom is -0.454 e. The molecule has 0 unspecified atom stereocenters. The standard InChI is InChI=1S/C21H25N3O3/c25-21(23-17-6-9-19-20(14-17)27-15-26-19)10-11-22-16-4-7-18(8-5-16)24-12-2-1-3-13-24/h4-9,14,22H,1-3,10-13,15H2,(H,23,25). The van der Waals surface area contributed by atoms with Gasteiger partial charge in [0, 0.05) is 49.2 Å². The van der Waals surface area contributed by atoms with Gasteiger partial charge in [0.2, 0.25) is 12.7 Å². The molecule has 0 spiro atoms. The van der Waals surface area contributed by atoms with Gasteiger partial charge >= 0.3 is 0 Å². The highest BCUT2D eigenvalue weighted by atomic mass is 16.7. The van der Waals surface area contributed by atoms with E-state index >= 15 is 0 Å². The van der Waals surface area contributed by atoms with E-state index in [1.54, 1.807) is 12.1 Å². The third-order valence-corrected chi connectivity index (χ3v) is 4.93. The van der Waals surface area contributed by atoms with Crippen molar-refractivity contribution in [2.24, 2.45) is 0 Å². The molecule has 2 N–H and O–H groups in total. The largest absolute Gasteiger partial charge is 0.454 e. The van der Waals surface area contributed by atoms with E-state index in [0.717, 1.165) is 24.5 Å². The quantitative estimate of drug-likeness (QED) is 0.812. The van der Waals surface area contributed by atoms with Gasteiger partial charge in [-0.15, -0.1) is 0 Å². The molecule has 0 aliphatic carbocycles. The number of anilines is 3. The van der Waals surface area contributed by atoms with Crippen molar-refractivity contribution >= 4 is 23.0 Å². The number of fused-ring (bicyclic) bond motifs is 1. The Morgan fingerprint density at radius 1 is 0.926 bits per heavy atom. The lowest BCUT2D eigenvalue weighted by molar-refractivity contribution is -0.115. The van der Waals surface area contributed by atoms with Crippen LogP contribution in [-0.4, -0.2) is 32.3 Å². The molecule has 2 heterocycles. The van der Waals surface area contributed by atoms with Crippen LogP contribution in [0.3, 0.4) is 0 Å². The molecule has 1 amide bonds. The van der Waals surface area contributed by atoms with Crippen LogP contribution in [0.25, 0.3) is 0 Å². The first kappa shape index (κ1) is 17.5. The number of benzene rings is 2. The minimum atomic E-state index is -0.0358. The van der Waals surface area contributed by atoms with Crippen LogP contribution < -0.4 is 25.0 Å². The first-order valence-corrected chi connectivity index (χ1v) is 9.56. The predicted molar refractivity (Wildman–Crippen MR) is 107 cm³/mol. The maximum absolute atomic E-state index is 12.1. The molecule has 4 rings (SSSR count). The zero-order chi connectivity index (χ0) is 18.5. The zero-order valence-corrected chi connectivity index (χ0v) is 15.4. The van der Waals surface area contributed by atoms with E-state index in [1.165, 1.54) is 24.9 Å². The summed E-state index contributed by atoms with van der Waals surface area (Å²) in [4.78, 5) is 14.6. The topological polar surface area (TPSA) is 62.8 Å². The molecule has 27 heavy (non-hydrogen) atoms. The van der Waals surface area contributed by atoms with Gasteiger partial charge in [0.05, 0.1) is 0 Å². The molecule has 0 bridgehead atoms. The van der Waals surface area contributed by atoms with Crippen molar-refractivity contribution in [3.05, 3.63) is 42.5 Å². The Hall–Kier alpha value is -2.89. The Balaban J connectivity index is 1.22. The number of nitrogens with zero attached hydrogens (tertiary/aromatic N) is 1. The number of carbonyl (C=O) groups excluding carboxylic acids is 1. The van der Waals surface area contributed by atoms with Crippen molar-refractivity contribution in [1.29, 1.82) is 0 Å². The van der Waals surface area contributed by atoms with Crippen LogP contribution in [-0.2, 0) is 4.79 Å². The molecule has 1 saturated heterocycles. The van der Waals surface area contributed by atoms with Crippen LogP contribution >= 0.6 is 0 Å². The third kappa shape index (κ3) is 4.45. The molecule has 2 aliphatic rings. The maximum atomic E-state index is 12.1. The van der Waals surface area contributed by atoms with Crippen LogP contribution in [0.5, 0.6) is 11.5 Å². The highest BCUT2D eigenvalue weighted by Gasteiger charge is 2.14. The molecule has 0 aromatic heterocycles. The molecule has 6 nitrogen and oxygen atoms in total. The third-order valence-electron chi connectivity index (χ3n) is 4.93. The van der Waals surface area contributed by atoms with Crippen molar-refractivity contribution < 1.29 is 14.3 Å². The highest BCUT2D eigenvalue weighted by molar-refractivity contribution is 5.91. The summed E-state index contributed by atoms with van der Waals surface area (Å²) in [5, 5.41) is 6.20. The van der Waals surface area contributed by atoms with Crippen molar-refractivity contribution in [3.63, 3.8) is 0 Å². The predicted octanol–water partition coefficient (Wildman–Crippen LogP) is 3.85. The van der Waals surface area contributed by atoms with Crippen molar-refractivity contribution in [3.8, 4) is 11.5 Å². The Bertz CT molecular complexity index is 786. The van der Waals surface area contributed by atoms with E-state index in [-0.39, 0.29) is 12.7 Å². The summed E-state index contributed by atoms with van der Waals surface area (Å²) in [5.74, 6) is 1.34. The first-order chi connectivity index (χ1) is 13.3. The lowest BCUT2D eigenvalue weighted by Crippen LogP contribution is -2.29. The van der Waals surface area contributed by atoms with E-state index in [0.29, 0.717) is 24.5 Å². The Labute approximate surface area is 159 Å². The van der Waals surface area contributed by atoms with Crippen LogP contribution in [0.15, 0.2) is 42.5 Å². The highest BCUT2D eigenvalue weighted by Crippen LogP contribution is 2.34. The van der Waals surface area contributed by atoms with Crippen molar-refractivity contribution in [1.82, 2.24) is 0 Å². The number of nitrogens with one attached hydrogen (secondary N) is 2. The second kappa shape index (κ2) is 8.20. The average Bonchev–Trinajstić information content (AvgIpc) is 3.17. The van der Waals surface area contributed by atoms with E-state index in [2.05, 4.69) is 39.8 Å². The normalized spacial score (nSPS) is 15.5. The van der Waals surface area contributed by atoms with Gasteiger partial charge in [-0.3, -0.25) is 4.79 Å². The van der Waals surface area contributed by atoms with Crippen molar-refractivity contribution in [2.75, 3.05) is 42.0 Å². The number of carbonyl (C=O) groups is 1. The van der Waals surface area contributed by atoms with E-state index in [9.17, 15) is 4.79 Å². The van der Waals surface area contributed by atoms with Gasteiger partial charge < -0.3 is 25.0 Å². The molecule has 6 heteroatoms. The summed E-state index contributed by atoms with van der Waals surface area (Å²) in [7, 11) is 0. The molecule has 2 aliphatic heterocycles. The van der Waals surface area contributed by atoms with Crippen molar-refractivity contribution in [2.45, 2.75) is 25.7 Å². The average molecular weight is 367 g/mol. The van der Waals surface area contributed by atoms with Crippen LogP contribution in [0, 0.1) is 0 Å². The van der Waals surface area contributed by atoms with Gasteiger partial charge in [-0.1, -0.05) is 0 Å². The Morgan fingerprint density at radius 2 is 1.67 bits per heavy atom. The van der Waals surface area contributed by atoms with Crippen LogP contribution in [0.4, 0.5) is 17.1 Å².